The fourth-order valence-electron chi connectivity index (χ4n) is 2.54. The fraction of sp³-hybridized carbons (Fsp3) is 0.538. The molecule has 3 nitrogen and oxygen atoms in total. The predicted octanol–water partition coefficient (Wildman–Crippen LogP) is 0.652. The smallest absolute Gasteiger partial charge is 0.0233 e. The molecule has 1 aliphatic heterocycles. The Balaban J connectivity index is 1.93. The lowest BCUT2D eigenvalue weighted by atomic mass is 9.97. The first-order chi connectivity index (χ1) is 7.83. The van der Waals surface area contributed by atoms with Crippen LogP contribution in [0.3, 0.4) is 0 Å². The van der Waals surface area contributed by atoms with Gasteiger partial charge < -0.3 is 11.5 Å². The number of hydrogen-bond donors (Lipinski definition) is 2. The maximum Gasteiger partial charge on any atom is 0.0233 e. The van der Waals surface area contributed by atoms with E-state index in [1.54, 1.807) is 0 Å². The summed E-state index contributed by atoms with van der Waals surface area (Å²) in [7, 11) is 0. The van der Waals surface area contributed by atoms with Crippen molar-refractivity contribution in [2.75, 3.05) is 26.2 Å². The Bertz CT molecular complexity index is 300. The molecular formula is C13H21N3. The van der Waals surface area contributed by atoms with Crippen LogP contribution in [-0.4, -0.2) is 31.1 Å². The van der Waals surface area contributed by atoms with E-state index in [4.69, 9.17) is 11.5 Å². The van der Waals surface area contributed by atoms with Crippen molar-refractivity contribution in [3.05, 3.63) is 35.9 Å². The minimum absolute atomic E-state index is 0.578. The molecule has 0 bridgehead atoms. The van der Waals surface area contributed by atoms with E-state index in [9.17, 15) is 0 Å². The van der Waals surface area contributed by atoms with Gasteiger partial charge in [0.05, 0.1) is 0 Å². The van der Waals surface area contributed by atoms with Gasteiger partial charge in [-0.15, -0.1) is 0 Å². The lowest BCUT2D eigenvalue weighted by Crippen LogP contribution is -2.27. The highest BCUT2D eigenvalue weighted by molar-refractivity contribution is 5.14. The third kappa shape index (κ3) is 2.61. The summed E-state index contributed by atoms with van der Waals surface area (Å²) >= 11 is 0. The van der Waals surface area contributed by atoms with Gasteiger partial charge in [0, 0.05) is 19.6 Å². The zero-order chi connectivity index (χ0) is 11.4. The molecule has 88 valence electrons. The van der Waals surface area contributed by atoms with Gasteiger partial charge in [0.15, 0.2) is 0 Å². The molecule has 1 fully saturated rings. The Labute approximate surface area is 97.4 Å². The van der Waals surface area contributed by atoms with Crippen molar-refractivity contribution < 1.29 is 0 Å². The maximum atomic E-state index is 5.77. The van der Waals surface area contributed by atoms with Crippen LogP contribution in [-0.2, 0) is 6.54 Å². The Morgan fingerprint density at radius 3 is 2.06 bits per heavy atom. The van der Waals surface area contributed by atoms with Crippen LogP contribution < -0.4 is 11.5 Å². The van der Waals surface area contributed by atoms with E-state index in [0.717, 1.165) is 32.7 Å². The summed E-state index contributed by atoms with van der Waals surface area (Å²) in [5.74, 6) is 1.16. The number of rotatable bonds is 4. The topological polar surface area (TPSA) is 55.3 Å². The quantitative estimate of drug-likeness (QED) is 0.782. The molecule has 3 heteroatoms. The second-order valence-electron chi connectivity index (χ2n) is 4.67. The molecule has 4 N–H and O–H groups in total. The number of benzene rings is 1. The fourth-order valence-corrected chi connectivity index (χ4v) is 2.54. The van der Waals surface area contributed by atoms with Crippen molar-refractivity contribution >= 4 is 0 Å². The first-order valence-corrected chi connectivity index (χ1v) is 6.00. The summed E-state index contributed by atoms with van der Waals surface area (Å²) in [6, 6.07) is 10.6. The van der Waals surface area contributed by atoms with Crippen molar-refractivity contribution in [1.82, 2.24) is 4.90 Å². The van der Waals surface area contributed by atoms with Crippen LogP contribution in [0.4, 0.5) is 0 Å². The zero-order valence-electron chi connectivity index (χ0n) is 9.68. The van der Waals surface area contributed by atoms with Gasteiger partial charge in [-0.25, -0.2) is 0 Å². The van der Waals surface area contributed by atoms with Crippen LogP contribution >= 0.6 is 0 Å². The maximum absolute atomic E-state index is 5.77. The van der Waals surface area contributed by atoms with Gasteiger partial charge in [-0.05, 0) is 30.5 Å². The average Bonchev–Trinajstić information content (AvgIpc) is 2.72. The minimum atomic E-state index is 0.578. The van der Waals surface area contributed by atoms with Crippen LogP contribution in [0.5, 0.6) is 0 Å². The Kier molecular flexibility index (Phi) is 3.93. The molecule has 1 aromatic carbocycles. The molecule has 0 aliphatic carbocycles. The van der Waals surface area contributed by atoms with Gasteiger partial charge >= 0.3 is 0 Å². The highest BCUT2D eigenvalue weighted by Crippen LogP contribution is 2.23. The normalized spacial score (nSPS) is 26.1. The molecule has 0 radical (unpaired) electrons. The number of nitrogens with two attached hydrogens (primary N) is 2. The number of hydrogen-bond acceptors (Lipinski definition) is 3. The van der Waals surface area contributed by atoms with E-state index in [-0.39, 0.29) is 0 Å². The van der Waals surface area contributed by atoms with Crippen LogP contribution in [0.1, 0.15) is 5.56 Å². The number of nitrogens with zero attached hydrogens (tertiary/aromatic N) is 1. The van der Waals surface area contributed by atoms with E-state index >= 15 is 0 Å². The molecule has 0 spiro atoms. The molecule has 2 atom stereocenters. The Hall–Kier alpha value is -0.900. The van der Waals surface area contributed by atoms with Crippen molar-refractivity contribution in [1.29, 1.82) is 0 Å². The van der Waals surface area contributed by atoms with Crippen molar-refractivity contribution in [3.8, 4) is 0 Å². The van der Waals surface area contributed by atoms with Gasteiger partial charge in [0.25, 0.3) is 0 Å². The first-order valence-electron chi connectivity index (χ1n) is 6.00. The Morgan fingerprint density at radius 2 is 1.56 bits per heavy atom. The summed E-state index contributed by atoms with van der Waals surface area (Å²) in [6.45, 7) is 4.72. The third-order valence-electron chi connectivity index (χ3n) is 3.51. The molecule has 1 aliphatic rings. The molecule has 16 heavy (non-hydrogen) atoms. The second-order valence-corrected chi connectivity index (χ2v) is 4.67. The lowest BCUT2D eigenvalue weighted by molar-refractivity contribution is 0.314. The largest absolute Gasteiger partial charge is 0.330 e. The van der Waals surface area contributed by atoms with Gasteiger partial charge in [-0.1, -0.05) is 30.3 Å². The van der Waals surface area contributed by atoms with Gasteiger partial charge in [0.2, 0.25) is 0 Å². The molecule has 1 aromatic rings. The lowest BCUT2D eigenvalue weighted by Gasteiger charge is -2.15. The van der Waals surface area contributed by atoms with E-state index in [1.165, 1.54) is 5.56 Å². The summed E-state index contributed by atoms with van der Waals surface area (Å²) in [5, 5.41) is 0. The van der Waals surface area contributed by atoms with E-state index in [2.05, 4.69) is 35.2 Å². The highest BCUT2D eigenvalue weighted by Gasteiger charge is 2.30. The first kappa shape index (κ1) is 11.6. The second kappa shape index (κ2) is 5.43. The van der Waals surface area contributed by atoms with Gasteiger partial charge in [-0.3, -0.25) is 4.90 Å². The average molecular weight is 219 g/mol. The monoisotopic (exact) mass is 219 g/mol. The summed E-state index contributed by atoms with van der Waals surface area (Å²) in [5.41, 5.74) is 12.9. The van der Waals surface area contributed by atoms with Crippen molar-refractivity contribution in [3.63, 3.8) is 0 Å². The van der Waals surface area contributed by atoms with Crippen LogP contribution in [0.15, 0.2) is 30.3 Å². The van der Waals surface area contributed by atoms with Gasteiger partial charge in [0.1, 0.15) is 0 Å². The highest BCUT2D eigenvalue weighted by atomic mass is 15.2. The molecule has 2 rings (SSSR count). The molecule has 0 amide bonds. The van der Waals surface area contributed by atoms with E-state index < -0.39 is 0 Å². The Morgan fingerprint density at radius 1 is 1.00 bits per heavy atom. The number of likely N-dealkylation sites (tertiary alicyclic amines) is 1. The molecular weight excluding hydrogens is 198 g/mol. The van der Waals surface area contributed by atoms with Crippen molar-refractivity contribution in [2.45, 2.75) is 6.54 Å². The summed E-state index contributed by atoms with van der Waals surface area (Å²) < 4.78 is 0. The molecule has 0 aromatic heterocycles. The van der Waals surface area contributed by atoms with Gasteiger partial charge in [-0.2, -0.15) is 0 Å². The standard InChI is InChI=1S/C13H21N3/c14-6-12-9-16(10-13(12)7-15)8-11-4-2-1-3-5-11/h1-5,12-13H,6-10,14-15H2. The summed E-state index contributed by atoms with van der Waals surface area (Å²) in [4.78, 5) is 2.46. The van der Waals surface area contributed by atoms with E-state index in [1.807, 2.05) is 0 Å². The van der Waals surface area contributed by atoms with E-state index in [0.29, 0.717) is 11.8 Å². The molecule has 1 saturated heterocycles. The van der Waals surface area contributed by atoms with Crippen molar-refractivity contribution in [2.24, 2.45) is 23.3 Å². The SMILES string of the molecule is NCC1CN(Cc2ccccc2)CC1CN. The molecule has 2 unspecified atom stereocenters. The zero-order valence-corrected chi connectivity index (χ0v) is 9.68. The molecule has 0 saturated carbocycles. The molecule has 1 heterocycles. The third-order valence-corrected chi connectivity index (χ3v) is 3.51. The van der Waals surface area contributed by atoms with Crippen LogP contribution in [0.25, 0.3) is 0 Å². The van der Waals surface area contributed by atoms with Crippen LogP contribution in [0, 0.1) is 11.8 Å². The minimum Gasteiger partial charge on any atom is -0.330 e. The van der Waals surface area contributed by atoms with Crippen LogP contribution in [0.2, 0.25) is 0 Å². The predicted molar refractivity (Wildman–Crippen MR) is 66.8 cm³/mol. The summed E-state index contributed by atoms with van der Waals surface area (Å²) in [6.07, 6.45) is 0.